The first-order valence-electron chi connectivity index (χ1n) is 5.77. The number of hydrogen-bond acceptors (Lipinski definition) is 4. The molecule has 0 aliphatic carbocycles. The van der Waals surface area contributed by atoms with Crippen molar-refractivity contribution in [1.29, 1.82) is 0 Å². The Hall–Kier alpha value is -1.30. The van der Waals surface area contributed by atoms with Crippen LogP contribution in [0.25, 0.3) is 0 Å². The second kappa shape index (κ2) is 5.99. The molecule has 1 aromatic carbocycles. The second-order valence-corrected chi connectivity index (χ2v) is 6.30. The summed E-state index contributed by atoms with van der Waals surface area (Å²) >= 11 is 11.6. The number of halogens is 2. The van der Waals surface area contributed by atoms with Gasteiger partial charge in [0.15, 0.2) is 0 Å². The van der Waals surface area contributed by atoms with Gasteiger partial charge in [0.05, 0.1) is 6.20 Å². The smallest absolute Gasteiger partial charge is 0.340 e. The molecular formula is C13H11Cl2NO3S. The number of aryl methyl sites for hydroxylation is 1. The van der Waals surface area contributed by atoms with E-state index in [1.165, 1.54) is 18.2 Å². The van der Waals surface area contributed by atoms with E-state index in [0.29, 0.717) is 11.4 Å². The zero-order chi connectivity index (χ0) is 14.8. The lowest BCUT2D eigenvalue weighted by molar-refractivity contribution is 0.485. The topological polar surface area (TPSA) is 56.3 Å². The van der Waals surface area contributed by atoms with E-state index in [-0.39, 0.29) is 15.8 Å². The quantitative estimate of drug-likeness (QED) is 0.632. The largest absolute Gasteiger partial charge is 0.379 e. The summed E-state index contributed by atoms with van der Waals surface area (Å²) < 4.78 is 29.2. The van der Waals surface area contributed by atoms with Gasteiger partial charge in [0.25, 0.3) is 0 Å². The Morgan fingerprint density at radius 1 is 1.20 bits per heavy atom. The maximum Gasteiger partial charge on any atom is 0.340 e. The number of hydrogen-bond donors (Lipinski definition) is 0. The third-order valence-electron chi connectivity index (χ3n) is 2.59. The first-order chi connectivity index (χ1) is 9.42. The standard InChI is InChI=1S/C13H11Cl2NO3S/c1-2-9-7-10(3-5-12(9)14)19-20(17,18)11-4-6-13(15)16-8-11/h3-8H,2H2,1H3. The monoisotopic (exact) mass is 331 g/mol. The van der Waals surface area contributed by atoms with Crippen LogP contribution in [-0.2, 0) is 16.5 Å². The predicted molar refractivity (Wildman–Crippen MR) is 77.9 cm³/mol. The van der Waals surface area contributed by atoms with Crippen LogP contribution >= 0.6 is 23.2 Å². The van der Waals surface area contributed by atoms with Gasteiger partial charge in [-0.15, -0.1) is 0 Å². The molecule has 2 aromatic rings. The van der Waals surface area contributed by atoms with Gasteiger partial charge in [-0.3, -0.25) is 0 Å². The number of benzene rings is 1. The van der Waals surface area contributed by atoms with Crippen molar-refractivity contribution < 1.29 is 12.6 Å². The lowest BCUT2D eigenvalue weighted by Gasteiger charge is -2.08. The molecule has 0 spiro atoms. The molecule has 2 rings (SSSR count). The Morgan fingerprint density at radius 2 is 1.95 bits per heavy atom. The van der Waals surface area contributed by atoms with Crippen LogP contribution in [0.2, 0.25) is 10.2 Å². The Bertz CT molecular complexity index is 715. The van der Waals surface area contributed by atoms with Crippen molar-refractivity contribution in [2.75, 3.05) is 0 Å². The van der Waals surface area contributed by atoms with E-state index >= 15 is 0 Å². The van der Waals surface area contributed by atoms with Crippen molar-refractivity contribution >= 4 is 33.3 Å². The Morgan fingerprint density at radius 3 is 2.55 bits per heavy atom. The van der Waals surface area contributed by atoms with Gasteiger partial charge in [-0.25, -0.2) is 4.98 Å². The summed E-state index contributed by atoms with van der Waals surface area (Å²) in [6.45, 7) is 1.92. The SMILES string of the molecule is CCc1cc(OS(=O)(=O)c2ccc(Cl)nc2)ccc1Cl. The molecule has 0 radical (unpaired) electrons. The van der Waals surface area contributed by atoms with Crippen molar-refractivity contribution in [2.45, 2.75) is 18.2 Å². The van der Waals surface area contributed by atoms with Crippen molar-refractivity contribution in [3.63, 3.8) is 0 Å². The number of rotatable bonds is 4. The van der Waals surface area contributed by atoms with E-state index in [1.807, 2.05) is 6.92 Å². The van der Waals surface area contributed by atoms with E-state index < -0.39 is 10.1 Å². The lowest BCUT2D eigenvalue weighted by atomic mass is 10.2. The first kappa shape index (κ1) is 15.1. The summed E-state index contributed by atoms with van der Waals surface area (Å²) in [6, 6.07) is 7.43. The highest BCUT2D eigenvalue weighted by molar-refractivity contribution is 7.87. The Kier molecular flexibility index (Phi) is 4.52. The summed E-state index contributed by atoms with van der Waals surface area (Å²) in [5.41, 5.74) is 0.814. The lowest BCUT2D eigenvalue weighted by Crippen LogP contribution is -2.10. The van der Waals surface area contributed by atoms with E-state index in [1.54, 1.807) is 12.1 Å². The van der Waals surface area contributed by atoms with Crippen LogP contribution in [0.3, 0.4) is 0 Å². The fourth-order valence-electron chi connectivity index (χ4n) is 1.56. The van der Waals surface area contributed by atoms with Crippen LogP contribution in [0.1, 0.15) is 12.5 Å². The van der Waals surface area contributed by atoms with E-state index in [9.17, 15) is 8.42 Å². The van der Waals surface area contributed by atoms with Crippen molar-refractivity contribution in [3.05, 3.63) is 52.3 Å². The van der Waals surface area contributed by atoms with Gasteiger partial charge < -0.3 is 4.18 Å². The number of pyridine rings is 1. The molecule has 0 unspecified atom stereocenters. The molecule has 0 bridgehead atoms. The molecule has 7 heteroatoms. The highest BCUT2D eigenvalue weighted by Crippen LogP contribution is 2.25. The molecule has 106 valence electrons. The van der Waals surface area contributed by atoms with Gasteiger partial charge in [-0.05, 0) is 42.3 Å². The third kappa shape index (κ3) is 3.42. The number of aromatic nitrogens is 1. The molecule has 0 saturated heterocycles. The Balaban J connectivity index is 2.30. The van der Waals surface area contributed by atoms with Crippen LogP contribution < -0.4 is 4.18 Å². The average Bonchev–Trinajstić information content (AvgIpc) is 2.41. The van der Waals surface area contributed by atoms with Crippen LogP contribution in [0.5, 0.6) is 5.75 Å². The Labute approximate surface area is 127 Å². The van der Waals surface area contributed by atoms with Gasteiger partial charge in [-0.2, -0.15) is 8.42 Å². The minimum atomic E-state index is -3.93. The minimum Gasteiger partial charge on any atom is -0.379 e. The summed E-state index contributed by atoms with van der Waals surface area (Å²) in [7, 11) is -3.93. The average molecular weight is 332 g/mol. The molecule has 20 heavy (non-hydrogen) atoms. The number of nitrogens with zero attached hydrogens (tertiary/aromatic N) is 1. The molecule has 1 heterocycles. The maximum absolute atomic E-state index is 12.1. The maximum atomic E-state index is 12.1. The summed E-state index contributed by atoms with van der Waals surface area (Å²) in [4.78, 5) is 3.66. The predicted octanol–water partition coefficient (Wildman–Crippen LogP) is 3.72. The molecule has 1 aromatic heterocycles. The summed E-state index contributed by atoms with van der Waals surface area (Å²) in [5, 5.41) is 0.786. The van der Waals surface area contributed by atoms with Crippen LogP contribution in [0.15, 0.2) is 41.4 Å². The van der Waals surface area contributed by atoms with E-state index in [2.05, 4.69) is 4.98 Å². The van der Waals surface area contributed by atoms with Crippen LogP contribution in [0, 0.1) is 0 Å². The third-order valence-corrected chi connectivity index (χ3v) is 4.42. The van der Waals surface area contributed by atoms with Gasteiger partial charge in [-0.1, -0.05) is 30.1 Å². The fourth-order valence-corrected chi connectivity index (χ4v) is 2.79. The molecule has 0 aliphatic rings. The zero-order valence-electron chi connectivity index (χ0n) is 10.5. The highest BCUT2D eigenvalue weighted by atomic mass is 35.5. The van der Waals surface area contributed by atoms with Crippen LogP contribution in [-0.4, -0.2) is 13.4 Å². The molecule has 0 aliphatic heterocycles. The normalized spacial score (nSPS) is 11.3. The molecule has 0 amide bonds. The van der Waals surface area contributed by atoms with Gasteiger partial charge in [0.1, 0.15) is 15.8 Å². The summed E-state index contributed by atoms with van der Waals surface area (Å²) in [5.74, 6) is 0.209. The van der Waals surface area contributed by atoms with Crippen molar-refractivity contribution in [3.8, 4) is 5.75 Å². The molecule has 0 saturated carbocycles. The van der Waals surface area contributed by atoms with Crippen molar-refractivity contribution in [2.24, 2.45) is 0 Å². The molecular weight excluding hydrogens is 321 g/mol. The van der Waals surface area contributed by atoms with Gasteiger partial charge >= 0.3 is 10.1 Å². The molecule has 0 fully saturated rings. The minimum absolute atomic E-state index is 0.0603. The van der Waals surface area contributed by atoms with E-state index in [0.717, 1.165) is 11.8 Å². The molecule has 0 N–H and O–H groups in total. The second-order valence-electron chi connectivity index (χ2n) is 3.96. The molecule has 4 nitrogen and oxygen atoms in total. The van der Waals surface area contributed by atoms with Gasteiger partial charge in [0.2, 0.25) is 0 Å². The first-order valence-corrected chi connectivity index (χ1v) is 7.93. The van der Waals surface area contributed by atoms with Crippen LogP contribution in [0.4, 0.5) is 0 Å². The summed E-state index contributed by atoms with van der Waals surface area (Å²) in [6.07, 6.45) is 1.83. The zero-order valence-corrected chi connectivity index (χ0v) is 12.8. The highest BCUT2D eigenvalue weighted by Gasteiger charge is 2.17. The molecule has 0 atom stereocenters. The van der Waals surface area contributed by atoms with Gasteiger partial charge in [0, 0.05) is 5.02 Å². The van der Waals surface area contributed by atoms with E-state index in [4.69, 9.17) is 27.4 Å². The van der Waals surface area contributed by atoms with Crippen molar-refractivity contribution in [1.82, 2.24) is 4.98 Å². The fraction of sp³-hybridized carbons (Fsp3) is 0.154.